The van der Waals surface area contributed by atoms with Crippen molar-refractivity contribution in [3.63, 3.8) is 0 Å². The predicted octanol–water partition coefficient (Wildman–Crippen LogP) is 5.18. The van der Waals surface area contributed by atoms with Gasteiger partial charge in [0.05, 0.1) is 12.1 Å². The number of pyridine rings is 1. The highest BCUT2D eigenvalue weighted by Crippen LogP contribution is 2.25. The minimum Gasteiger partial charge on any atom is -0.320 e. The largest absolute Gasteiger partial charge is 0.320 e. The minimum atomic E-state index is -0.675. The number of fused-ring (bicyclic) bond motifs is 1. The Balaban J connectivity index is 1.71. The number of benzene rings is 2. The summed E-state index contributed by atoms with van der Waals surface area (Å²) in [6.45, 7) is 0.369. The molecule has 2 heterocycles. The van der Waals surface area contributed by atoms with E-state index in [2.05, 4.69) is 15.4 Å². The Bertz CT molecular complexity index is 1190. The number of nitrogens with one attached hydrogen (secondary N) is 1. The first-order valence-corrected chi connectivity index (χ1v) is 9.09. The van der Waals surface area contributed by atoms with E-state index in [0.29, 0.717) is 27.7 Å². The van der Waals surface area contributed by atoms with E-state index < -0.39 is 11.9 Å². The maximum Gasteiger partial charge on any atom is 0.276 e. The molecule has 0 radical (unpaired) electrons. The smallest absolute Gasteiger partial charge is 0.276 e. The molecule has 0 aliphatic rings. The normalized spacial score (nSPS) is 11.0. The molecule has 0 saturated carbocycles. The van der Waals surface area contributed by atoms with Gasteiger partial charge in [0.1, 0.15) is 0 Å². The van der Waals surface area contributed by atoms with Gasteiger partial charge < -0.3 is 5.32 Å². The molecule has 8 heteroatoms. The predicted molar refractivity (Wildman–Crippen MR) is 107 cm³/mol. The van der Waals surface area contributed by atoms with Crippen LogP contribution in [0.2, 0.25) is 10.0 Å². The number of hydrogen-bond donors (Lipinski definition) is 1. The average Bonchev–Trinajstić information content (AvgIpc) is 3.03. The third-order valence-electron chi connectivity index (χ3n) is 4.19. The Hall–Kier alpha value is -2.96. The van der Waals surface area contributed by atoms with Crippen LogP contribution in [0.4, 0.5) is 10.1 Å². The molecule has 140 valence electrons. The number of amides is 1. The second kappa shape index (κ2) is 7.58. The summed E-state index contributed by atoms with van der Waals surface area (Å²) in [5.41, 5.74) is 2.14. The fourth-order valence-corrected chi connectivity index (χ4v) is 3.37. The van der Waals surface area contributed by atoms with Crippen molar-refractivity contribution in [2.24, 2.45) is 0 Å². The summed E-state index contributed by atoms with van der Waals surface area (Å²) in [6.07, 6.45) is 1.28. The van der Waals surface area contributed by atoms with E-state index in [0.717, 1.165) is 17.1 Å². The number of carbonyl (C=O) groups excluding carboxylic acids is 1. The van der Waals surface area contributed by atoms with Crippen LogP contribution in [0.15, 0.2) is 60.8 Å². The number of rotatable bonds is 4. The topological polar surface area (TPSA) is 59.8 Å². The zero-order valence-electron chi connectivity index (χ0n) is 14.4. The summed E-state index contributed by atoms with van der Waals surface area (Å²) >= 11 is 12.2. The van der Waals surface area contributed by atoms with Crippen LogP contribution < -0.4 is 5.32 Å². The van der Waals surface area contributed by atoms with Gasteiger partial charge in [0, 0.05) is 33.4 Å². The molecular weight excluding hydrogens is 402 g/mol. The molecule has 1 amide bonds. The van der Waals surface area contributed by atoms with Gasteiger partial charge in [-0.25, -0.2) is 4.98 Å². The molecule has 0 unspecified atom stereocenters. The van der Waals surface area contributed by atoms with Crippen molar-refractivity contribution in [2.45, 2.75) is 6.54 Å². The molecule has 2 aromatic heterocycles. The summed E-state index contributed by atoms with van der Waals surface area (Å²) in [4.78, 5) is 16.2. The summed E-state index contributed by atoms with van der Waals surface area (Å²) in [6, 6.07) is 15.3. The van der Waals surface area contributed by atoms with Gasteiger partial charge in [-0.2, -0.15) is 9.49 Å². The van der Waals surface area contributed by atoms with Gasteiger partial charge in [-0.3, -0.25) is 9.48 Å². The van der Waals surface area contributed by atoms with Gasteiger partial charge in [-0.05, 0) is 29.8 Å². The van der Waals surface area contributed by atoms with Crippen LogP contribution in [0.5, 0.6) is 0 Å². The highest BCUT2D eigenvalue weighted by atomic mass is 35.5. The van der Waals surface area contributed by atoms with Crippen LogP contribution in [0, 0.1) is 5.95 Å². The molecule has 0 fully saturated rings. The quantitative estimate of drug-likeness (QED) is 0.468. The van der Waals surface area contributed by atoms with Crippen LogP contribution in [0.1, 0.15) is 16.1 Å². The first-order valence-electron chi connectivity index (χ1n) is 8.33. The zero-order valence-corrected chi connectivity index (χ0v) is 15.9. The molecule has 0 bridgehead atoms. The van der Waals surface area contributed by atoms with Gasteiger partial charge in [0.2, 0.25) is 5.95 Å². The minimum absolute atomic E-state index is 0.234. The third-order valence-corrected chi connectivity index (χ3v) is 4.78. The number of carbonyl (C=O) groups is 1. The second-order valence-corrected chi connectivity index (χ2v) is 6.92. The standard InChI is InChI=1S/C20H13Cl2FN4O/c21-13-6-5-12(16(22)9-13)11-27-17-4-2-1-3-15(17)19(26-27)20(28)25-14-7-8-24-18(23)10-14/h1-10H,11H2,(H,24,25,28). The molecule has 0 saturated heterocycles. The second-order valence-electron chi connectivity index (χ2n) is 6.08. The number of anilines is 1. The molecule has 1 N–H and O–H groups in total. The summed E-state index contributed by atoms with van der Waals surface area (Å²) < 4.78 is 15.0. The molecular formula is C20H13Cl2FN4O. The first-order chi connectivity index (χ1) is 13.5. The van der Waals surface area contributed by atoms with Crippen molar-refractivity contribution >= 4 is 45.7 Å². The molecule has 0 atom stereocenters. The molecule has 5 nitrogen and oxygen atoms in total. The number of para-hydroxylation sites is 1. The van der Waals surface area contributed by atoms with E-state index in [1.54, 1.807) is 16.8 Å². The van der Waals surface area contributed by atoms with Crippen molar-refractivity contribution in [1.82, 2.24) is 14.8 Å². The number of halogens is 3. The van der Waals surface area contributed by atoms with Crippen LogP contribution in [-0.2, 0) is 6.54 Å². The highest BCUT2D eigenvalue weighted by Gasteiger charge is 2.18. The summed E-state index contributed by atoms with van der Waals surface area (Å²) in [7, 11) is 0. The Morgan fingerprint density at radius 1 is 1.11 bits per heavy atom. The number of nitrogens with zero attached hydrogens (tertiary/aromatic N) is 3. The first kappa shape index (κ1) is 18.4. The summed E-state index contributed by atoms with van der Waals surface area (Å²) in [5.74, 6) is -1.12. The van der Waals surface area contributed by atoms with E-state index in [1.807, 2.05) is 30.3 Å². The van der Waals surface area contributed by atoms with Gasteiger partial charge in [0.25, 0.3) is 5.91 Å². The van der Waals surface area contributed by atoms with E-state index in [4.69, 9.17) is 23.2 Å². The fraction of sp³-hybridized carbons (Fsp3) is 0.0500. The third kappa shape index (κ3) is 3.69. The number of hydrogen-bond acceptors (Lipinski definition) is 3. The van der Waals surface area contributed by atoms with Gasteiger partial charge >= 0.3 is 0 Å². The van der Waals surface area contributed by atoms with E-state index in [9.17, 15) is 9.18 Å². The Kier molecular flexibility index (Phi) is 4.98. The molecule has 0 aliphatic carbocycles. The van der Waals surface area contributed by atoms with Crippen LogP contribution in [0.25, 0.3) is 10.9 Å². The van der Waals surface area contributed by atoms with Gasteiger partial charge in [0.15, 0.2) is 5.69 Å². The van der Waals surface area contributed by atoms with Crippen molar-refractivity contribution in [3.05, 3.63) is 88.0 Å². The highest BCUT2D eigenvalue weighted by molar-refractivity contribution is 6.35. The lowest BCUT2D eigenvalue weighted by Gasteiger charge is -2.06. The monoisotopic (exact) mass is 414 g/mol. The lowest BCUT2D eigenvalue weighted by molar-refractivity contribution is 0.102. The molecule has 0 aliphatic heterocycles. The molecule has 0 spiro atoms. The maximum atomic E-state index is 13.3. The lowest BCUT2D eigenvalue weighted by atomic mass is 10.2. The Labute approximate surface area is 169 Å². The molecule has 4 aromatic rings. The average molecular weight is 415 g/mol. The van der Waals surface area contributed by atoms with Gasteiger partial charge in [-0.15, -0.1) is 0 Å². The van der Waals surface area contributed by atoms with E-state index >= 15 is 0 Å². The van der Waals surface area contributed by atoms with Gasteiger partial charge in [-0.1, -0.05) is 47.5 Å². The SMILES string of the molecule is O=C(Nc1ccnc(F)c1)c1nn(Cc2ccc(Cl)cc2Cl)c2ccccc12. The van der Waals surface area contributed by atoms with Crippen LogP contribution >= 0.6 is 23.2 Å². The summed E-state index contributed by atoms with van der Waals surface area (Å²) in [5, 5.41) is 8.86. The van der Waals surface area contributed by atoms with Crippen molar-refractivity contribution < 1.29 is 9.18 Å². The molecule has 28 heavy (non-hydrogen) atoms. The van der Waals surface area contributed by atoms with E-state index in [1.165, 1.54) is 12.3 Å². The van der Waals surface area contributed by atoms with Crippen molar-refractivity contribution in [3.8, 4) is 0 Å². The Morgan fingerprint density at radius 3 is 2.71 bits per heavy atom. The lowest BCUT2D eigenvalue weighted by Crippen LogP contribution is -2.14. The fourth-order valence-electron chi connectivity index (χ4n) is 2.90. The van der Waals surface area contributed by atoms with Crippen molar-refractivity contribution in [2.75, 3.05) is 5.32 Å². The van der Waals surface area contributed by atoms with E-state index in [-0.39, 0.29) is 5.69 Å². The van der Waals surface area contributed by atoms with Crippen molar-refractivity contribution in [1.29, 1.82) is 0 Å². The zero-order chi connectivity index (χ0) is 19.7. The van der Waals surface area contributed by atoms with Crippen LogP contribution in [-0.4, -0.2) is 20.7 Å². The van der Waals surface area contributed by atoms with Crippen LogP contribution in [0.3, 0.4) is 0 Å². The maximum absolute atomic E-state index is 13.3. The Morgan fingerprint density at radius 2 is 1.93 bits per heavy atom. The molecule has 4 rings (SSSR count). The number of aromatic nitrogens is 3. The molecule has 2 aromatic carbocycles.